The maximum absolute atomic E-state index is 12.2. The molecule has 2 heterocycles. The highest BCUT2D eigenvalue weighted by Gasteiger charge is 2.11. The molecule has 0 aliphatic carbocycles. The van der Waals surface area contributed by atoms with Crippen molar-refractivity contribution in [3.63, 3.8) is 0 Å². The highest BCUT2D eigenvalue weighted by atomic mass is 16.5. The van der Waals surface area contributed by atoms with E-state index in [0.717, 1.165) is 32.8 Å². The summed E-state index contributed by atoms with van der Waals surface area (Å²) >= 11 is 0. The summed E-state index contributed by atoms with van der Waals surface area (Å²) in [6, 6.07) is 1.44. The first-order valence-electron chi connectivity index (χ1n) is 7.03. The number of hydrogen-bond acceptors (Lipinski definition) is 5. The second kappa shape index (κ2) is 7.37. The summed E-state index contributed by atoms with van der Waals surface area (Å²) in [6.45, 7) is 5.49. The fraction of sp³-hybridized carbons (Fsp3) is 0.692. The predicted molar refractivity (Wildman–Crippen MR) is 75.9 cm³/mol. The van der Waals surface area contributed by atoms with Crippen LogP contribution in [0.4, 0.5) is 0 Å². The van der Waals surface area contributed by atoms with E-state index in [2.05, 4.69) is 4.90 Å². The number of aromatic nitrogens is 2. The van der Waals surface area contributed by atoms with E-state index in [-0.39, 0.29) is 11.2 Å². The summed E-state index contributed by atoms with van der Waals surface area (Å²) < 4.78 is 8.13. The second-order valence-corrected chi connectivity index (χ2v) is 4.88. The predicted octanol–water partition coefficient (Wildman–Crippen LogP) is -1.31. The maximum atomic E-state index is 12.2. The first-order valence-corrected chi connectivity index (χ1v) is 7.03. The number of nitrogens with zero attached hydrogens (tertiary/aromatic N) is 3. The van der Waals surface area contributed by atoms with Crippen LogP contribution in [0.3, 0.4) is 0 Å². The first-order chi connectivity index (χ1) is 9.72. The quantitative estimate of drug-likeness (QED) is 0.700. The summed E-state index contributed by atoms with van der Waals surface area (Å²) in [5.74, 6) is 0. The van der Waals surface area contributed by atoms with E-state index in [4.69, 9.17) is 10.5 Å². The lowest BCUT2D eigenvalue weighted by molar-refractivity contribution is 0.0362. The minimum absolute atomic E-state index is 0.251. The van der Waals surface area contributed by atoms with Gasteiger partial charge in [-0.25, -0.2) is 4.79 Å². The molecule has 0 amide bonds. The molecule has 0 bridgehead atoms. The van der Waals surface area contributed by atoms with Gasteiger partial charge in [0.1, 0.15) is 0 Å². The smallest absolute Gasteiger partial charge is 0.331 e. The zero-order valence-corrected chi connectivity index (χ0v) is 11.7. The average molecular weight is 282 g/mol. The van der Waals surface area contributed by atoms with Gasteiger partial charge in [0.2, 0.25) is 0 Å². The molecule has 0 spiro atoms. The van der Waals surface area contributed by atoms with E-state index >= 15 is 0 Å². The molecule has 0 unspecified atom stereocenters. The fourth-order valence-corrected chi connectivity index (χ4v) is 2.26. The molecule has 1 aliphatic heterocycles. The van der Waals surface area contributed by atoms with Crippen LogP contribution in [0.15, 0.2) is 21.9 Å². The third-order valence-corrected chi connectivity index (χ3v) is 3.49. The standard InChI is InChI=1S/C13H22N4O3/c14-3-1-4-17-12(18)2-5-16(13(17)19)7-6-15-8-10-20-11-9-15/h2,5H,1,3-4,6-11,14H2. The van der Waals surface area contributed by atoms with Crippen LogP contribution in [0.5, 0.6) is 0 Å². The van der Waals surface area contributed by atoms with E-state index in [1.54, 1.807) is 10.8 Å². The van der Waals surface area contributed by atoms with Crippen molar-refractivity contribution in [2.75, 3.05) is 39.4 Å². The zero-order valence-electron chi connectivity index (χ0n) is 11.7. The Hall–Kier alpha value is -1.44. The monoisotopic (exact) mass is 282 g/mol. The van der Waals surface area contributed by atoms with Crippen molar-refractivity contribution in [3.8, 4) is 0 Å². The van der Waals surface area contributed by atoms with Crippen molar-refractivity contribution in [2.45, 2.75) is 19.5 Å². The minimum atomic E-state index is -0.258. The minimum Gasteiger partial charge on any atom is -0.379 e. The van der Waals surface area contributed by atoms with Crippen molar-refractivity contribution in [3.05, 3.63) is 33.1 Å². The van der Waals surface area contributed by atoms with Crippen molar-refractivity contribution < 1.29 is 4.74 Å². The van der Waals surface area contributed by atoms with Crippen LogP contribution in [-0.4, -0.2) is 53.4 Å². The third-order valence-electron chi connectivity index (χ3n) is 3.49. The Labute approximate surface area is 117 Å². The van der Waals surface area contributed by atoms with Gasteiger partial charge in [0, 0.05) is 45.0 Å². The van der Waals surface area contributed by atoms with Crippen molar-refractivity contribution >= 4 is 0 Å². The van der Waals surface area contributed by atoms with Gasteiger partial charge in [-0.05, 0) is 13.0 Å². The maximum Gasteiger partial charge on any atom is 0.331 e. The normalized spacial score (nSPS) is 16.4. The highest BCUT2D eigenvalue weighted by molar-refractivity contribution is 4.86. The molecule has 0 aromatic carbocycles. The topological polar surface area (TPSA) is 82.5 Å². The second-order valence-electron chi connectivity index (χ2n) is 4.88. The SMILES string of the molecule is NCCCn1c(=O)ccn(CCN2CCOCC2)c1=O. The first kappa shape index (κ1) is 15.0. The summed E-state index contributed by atoms with van der Waals surface area (Å²) in [5, 5.41) is 0. The van der Waals surface area contributed by atoms with E-state index in [1.165, 1.54) is 10.6 Å². The van der Waals surface area contributed by atoms with Gasteiger partial charge < -0.3 is 10.5 Å². The van der Waals surface area contributed by atoms with Crippen LogP contribution in [0.1, 0.15) is 6.42 Å². The molecule has 1 saturated heterocycles. The molecule has 20 heavy (non-hydrogen) atoms. The van der Waals surface area contributed by atoms with Gasteiger partial charge in [-0.3, -0.25) is 18.8 Å². The fourth-order valence-electron chi connectivity index (χ4n) is 2.26. The zero-order chi connectivity index (χ0) is 14.4. The molecule has 1 aliphatic rings. The van der Waals surface area contributed by atoms with E-state index in [9.17, 15) is 9.59 Å². The number of morpholine rings is 1. The lowest BCUT2D eigenvalue weighted by Gasteiger charge is -2.26. The summed E-state index contributed by atoms with van der Waals surface area (Å²) in [6.07, 6.45) is 2.20. The molecule has 7 nitrogen and oxygen atoms in total. The molecular weight excluding hydrogens is 260 g/mol. The van der Waals surface area contributed by atoms with Crippen LogP contribution >= 0.6 is 0 Å². The summed E-state index contributed by atoms with van der Waals surface area (Å²) in [5.41, 5.74) is 4.92. The van der Waals surface area contributed by atoms with Crippen molar-refractivity contribution in [1.82, 2.24) is 14.0 Å². The van der Waals surface area contributed by atoms with Crippen LogP contribution in [0.2, 0.25) is 0 Å². The molecule has 0 atom stereocenters. The Balaban J connectivity index is 2.04. The van der Waals surface area contributed by atoms with Gasteiger partial charge in [-0.2, -0.15) is 0 Å². The van der Waals surface area contributed by atoms with Gasteiger partial charge in [0.15, 0.2) is 0 Å². The molecule has 112 valence electrons. The molecule has 2 rings (SSSR count). The number of nitrogens with two attached hydrogens (primary N) is 1. The number of hydrogen-bond donors (Lipinski definition) is 1. The molecule has 7 heteroatoms. The van der Waals surface area contributed by atoms with Gasteiger partial charge in [-0.1, -0.05) is 0 Å². The average Bonchev–Trinajstić information content (AvgIpc) is 2.47. The molecule has 1 aromatic heterocycles. The Kier molecular flexibility index (Phi) is 5.51. The Morgan fingerprint density at radius 3 is 2.60 bits per heavy atom. The van der Waals surface area contributed by atoms with Crippen LogP contribution in [0, 0.1) is 0 Å². The Morgan fingerprint density at radius 2 is 1.90 bits per heavy atom. The Bertz CT molecular complexity index is 531. The van der Waals surface area contributed by atoms with E-state index < -0.39 is 0 Å². The number of ether oxygens (including phenoxy) is 1. The number of rotatable bonds is 6. The lowest BCUT2D eigenvalue weighted by atomic mass is 10.4. The van der Waals surface area contributed by atoms with Crippen LogP contribution in [-0.2, 0) is 17.8 Å². The molecule has 1 fully saturated rings. The highest BCUT2D eigenvalue weighted by Crippen LogP contribution is 1.96. The van der Waals surface area contributed by atoms with E-state index in [0.29, 0.717) is 26.1 Å². The van der Waals surface area contributed by atoms with Gasteiger partial charge in [0.25, 0.3) is 5.56 Å². The van der Waals surface area contributed by atoms with E-state index in [1.807, 2.05) is 0 Å². The third kappa shape index (κ3) is 3.78. The van der Waals surface area contributed by atoms with Gasteiger partial charge in [-0.15, -0.1) is 0 Å². The van der Waals surface area contributed by atoms with Gasteiger partial charge >= 0.3 is 5.69 Å². The summed E-state index contributed by atoms with van der Waals surface area (Å²) in [4.78, 5) is 26.2. The Morgan fingerprint density at radius 1 is 1.15 bits per heavy atom. The molecule has 1 aromatic rings. The van der Waals surface area contributed by atoms with Gasteiger partial charge in [0.05, 0.1) is 13.2 Å². The molecule has 0 saturated carbocycles. The molecule has 2 N–H and O–H groups in total. The van der Waals surface area contributed by atoms with Crippen molar-refractivity contribution in [1.29, 1.82) is 0 Å². The van der Waals surface area contributed by atoms with Crippen LogP contribution in [0.25, 0.3) is 0 Å². The molecular formula is C13H22N4O3. The lowest BCUT2D eigenvalue weighted by Crippen LogP contribution is -2.43. The van der Waals surface area contributed by atoms with Crippen LogP contribution < -0.4 is 17.0 Å². The largest absolute Gasteiger partial charge is 0.379 e. The summed E-state index contributed by atoms with van der Waals surface area (Å²) in [7, 11) is 0. The molecule has 0 radical (unpaired) electrons. The van der Waals surface area contributed by atoms with Crippen molar-refractivity contribution in [2.24, 2.45) is 5.73 Å².